The van der Waals surface area contributed by atoms with Crippen molar-refractivity contribution in [2.24, 2.45) is 0 Å². The number of anilines is 1. The maximum Gasteiger partial charge on any atom is 0.331 e. The molecule has 0 bridgehead atoms. The van der Waals surface area contributed by atoms with Crippen LogP contribution in [0.1, 0.15) is 5.56 Å². The van der Waals surface area contributed by atoms with Crippen molar-refractivity contribution in [3.05, 3.63) is 61.8 Å². The molecule has 24 heavy (non-hydrogen) atoms. The van der Waals surface area contributed by atoms with Gasteiger partial charge in [0.25, 0.3) is 11.6 Å². The van der Waals surface area contributed by atoms with Crippen molar-refractivity contribution in [2.75, 3.05) is 11.9 Å². The molecular weight excluding hydrogens is 356 g/mol. The van der Waals surface area contributed by atoms with Gasteiger partial charge in [-0.15, -0.1) is 0 Å². The number of ether oxygens (including phenoxy) is 1. The van der Waals surface area contributed by atoms with Crippen LogP contribution in [0.4, 0.5) is 11.4 Å². The minimum atomic E-state index is -0.697. The Morgan fingerprint density at radius 2 is 2.17 bits per heavy atom. The molecule has 0 saturated heterocycles. The zero-order valence-corrected chi connectivity index (χ0v) is 13.7. The van der Waals surface area contributed by atoms with Crippen LogP contribution in [0.2, 0.25) is 5.02 Å². The summed E-state index contributed by atoms with van der Waals surface area (Å²) in [6.07, 6.45) is 2.75. The molecule has 0 saturated carbocycles. The summed E-state index contributed by atoms with van der Waals surface area (Å²) in [5.41, 5.74) is 0.469. The van der Waals surface area contributed by atoms with Crippen LogP contribution in [-0.2, 0) is 14.3 Å². The van der Waals surface area contributed by atoms with Crippen LogP contribution in [0.25, 0.3) is 6.08 Å². The Labute approximate surface area is 145 Å². The minimum absolute atomic E-state index is 0.0285. The highest BCUT2D eigenvalue weighted by atomic mass is 35.5. The fraction of sp³-hybridized carbons (Fsp3) is 0.0667. The number of hydrogen-bond acceptors (Lipinski definition) is 6. The molecule has 0 aliphatic heterocycles. The molecule has 2 rings (SSSR count). The van der Waals surface area contributed by atoms with Gasteiger partial charge < -0.3 is 10.1 Å². The molecule has 0 aliphatic carbocycles. The largest absolute Gasteiger partial charge is 0.452 e. The molecule has 0 radical (unpaired) electrons. The number of carbonyl (C=O) groups excluding carboxylic acids is 2. The van der Waals surface area contributed by atoms with Crippen LogP contribution >= 0.6 is 22.9 Å². The first-order valence-corrected chi connectivity index (χ1v) is 7.88. The minimum Gasteiger partial charge on any atom is -0.452 e. The number of esters is 1. The lowest BCUT2D eigenvalue weighted by Gasteiger charge is -2.06. The Bertz CT molecular complexity index is 789. The van der Waals surface area contributed by atoms with Gasteiger partial charge in [-0.05, 0) is 40.6 Å². The predicted octanol–water partition coefficient (Wildman–Crippen LogP) is 3.50. The van der Waals surface area contributed by atoms with Crippen molar-refractivity contribution in [3.8, 4) is 0 Å². The monoisotopic (exact) mass is 366 g/mol. The van der Waals surface area contributed by atoms with E-state index in [2.05, 4.69) is 5.32 Å². The average molecular weight is 367 g/mol. The SMILES string of the molecule is O=C(COC(=O)/C=C/c1ccsc1)Nc1ccc(Cl)cc1[N+](=O)[O-]. The van der Waals surface area contributed by atoms with E-state index in [1.165, 1.54) is 29.5 Å². The number of thiophene rings is 1. The first-order valence-electron chi connectivity index (χ1n) is 6.56. The molecule has 1 heterocycles. The summed E-state index contributed by atoms with van der Waals surface area (Å²) < 4.78 is 4.77. The molecule has 0 fully saturated rings. The summed E-state index contributed by atoms with van der Waals surface area (Å²) in [5.74, 6) is -1.39. The van der Waals surface area contributed by atoms with E-state index in [0.29, 0.717) is 0 Å². The third-order valence-electron chi connectivity index (χ3n) is 2.73. The lowest BCUT2D eigenvalue weighted by Crippen LogP contribution is -2.20. The smallest absolute Gasteiger partial charge is 0.331 e. The molecule has 0 aliphatic rings. The fourth-order valence-corrected chi connectivity index (χ4v) is 2.46. The number of hydrogen-bond donors (Lipinski definition) is 1. The number of nitrogens with zero attached hydrogens (tertiary/aromatic N) is 1. The molecule has 1 amide bonds. The topological polar surface area (TPSA) is 98.5 Å². The zero-order chi connectivity index (χ0) is 17.5. The molecule has 0 unspecified atom stereocenters. The maximum atomic E-state index is 11.7. The Hall–Kier alpha value is -2.71. The third kappa shape index (κ3) is 5.18. The zero-order valence-electron chi connectivity index (χ0n) is 12.1. The van der Waals surface area contributed by atoms with E-state index >= 15 is 0 Å². The summed E-state index contributed by atoms with van der Waals surface area (Å²) in [5, 5.41) is 17.1. The van der Waals surface area contributed by atoms with Crippen molar-refractivity contribution in [2.45, 2.75) is 0 Å². The molecule has 1 N–H and O–H groups in total. The molecule has 124 valence electrons. The number of carbonyl (C=O) groups is 2. The van der Waals surface area contributed by atoms with Gasteiger partial charge in [-0.3, -0.25) is 14.9 Å². The van der Waals surface area contributed by atoms with Gasteiger partial charge in [-0.1, -0.05) is 11.6 Å². The van der Waals surface area contributed by atoms with Gasteiger partial charge in [0.15, 0.2) is 6.61 Å². The Morgan fingerprint density at radius 3 is 2.83 bits per heavy atom. The second-order valence-corrected chi connectivity index (χ2v) is 5.68. The molecular formula is C15H11ClN2O5S. The first-order chi connectivity index (χ1) is 11.5. The fourth-order valence-electron chi connectivity index (χ4n) is 1.67. The number of nitro groups is 1. The Balaban J connectivity index is 1.89. The van der Waals surface area contributed by atoms with E-state index in [4.69, 9.17) is 16.3 Å². The molecule has 0 spiro atoms. The quantitative estimate of drug-likeness (QED) is 0.365. The van der Waals surface area contributed by atoms with Crippen LogP contribution < -0.4 is 5.32 Å². The molecule has 1 aromatic carbocycles. The predicted molar refractivity (Wildman–Crippen MR) is 91.0 cm³/mol. The van der Waals surface area contributed by atoms with E-state index in [0.717, 1.165) is 11.6 Å². The highest BCUT2D eigenvalue weighted by Gasteiger charge is 2.17. The molecule has 1 aromatic heterocycles. The van der Waals surface area contributed by atoms with Crippen molar-refractivity contribution in [3.63, 3.8) is 0 Å². The van der Waals surface area contributed by atoms with Crippen molar-refractivity contribution in [1.29, 1.82) is 0 Å². The highest BCUT2D eigenvalue weighted by molar-refractivity contribution is 7.08. The number of halogens is 1. The first kappa shape index (κ1) is 17.6. The summed E-state index contributed by atoms with van der Waals surface area (Å²) >= 11 is 7.17. The van der Waals surface area contributed by atoms with Crippen molar-refractivity contribution >= 4 is 52.3 Å². The number of amides is 1. The van der Waals surface area contributed by atoms with E-state index in [9.17, 15) is 19.7 Å². The van der Waals surface area contributed by atoms with Gasteiger partial charge in [0, 0.05) is 17.2 Å². The normalized spacial score (nSPS) is 10.5. The molecule has 2 aromatic rings. The van der Waals surface area contributed by atoms with Crippen LogP contribution in [0.3, 0.4) is 0 Å². The molecule has 7 nitrogen and oxygen atoms in total. The van der Waals surface area contributed by atoms with Gasteiger partial charge in [0.1, 0.15) is 5.69 Å². The van der Waals surface area contributed by atoms with Crippen LogP contribution in [0.5, 0.6) is 0 Å². The number of nitro benzene ring substituents is 1. The second kappa shape index (κ2) is 8.23. The van der Waals surface area contributed by atoms with Crippen LogP contribution in [-0.4, -0.2) is 23.4 Å². The summed E-state index contributed by atoms with van der Waals surface area (Å²) in [7, 11) is 0. The van der Waals surface area contributed by atoms with E-state index in [-0.39, 0.29) is 16.4 Å². The number of nitrogens with one attached hydrogen (secondary N) is 1. The summed E-state index contributed by atoms with van der Waals surface area (Å²) in [4.78, 5) is 33.5. The molecule has 9 heteroatoms. The number of rotatable bonds is 6. The maximum absolute atomic E-state index is 11.7. The van der Waals surface area contributed by atoms with E-state index in [1.54, 1.807) is 6.08 Å². The van der Waals surface area contributed by atoms with Crippen molar-refractivity contribution in [1.82, 2.24) is 0 Å². The van der Waals surface area contributed by atoms with Crippen LogP contribution in [0, 0.1) is 10.1 Å². The standard InChI is InChI=1S/C15H11ClN2O5S/c16-11-2-3-12(13(7-11)18(21)22)17-14(19)8-23-15(20)4-1-10-5-6-24-9-10/h1-7,9H,8H2,(H,17,19)/b4-1+. The van der Waals surface area contributed by atoms with Gasteiger partial charge in [-0.2, -0.15) is 11.3 Å². The van der Waals surface area contributed by atoms with Gasteiger partial charge in [0.05, 0.1) is 4.92 Å². The van der Waals surface area contributed by atoms with Crippen LogP contribution in [0.15, 0.2) is 41.1 Å². The average Bonchev–Trinajstić information content (AvgIpc) is 3.06. The number of benzene rings is 1. The van der Waals surface area contributed by atoms with Gasteiger partial charge in [0.2, 0.25) is 0 Å². The highest BCUT2D eigenvalue weighted by Crippen LogP contribution is 2.27. The summed E-state index contributed by atoms with van der Waals surface area (Å²) in [6, 6.07) is 5.64. The van der Waals surface area contributed by atoms with E-state index in [1.807, 2.05) is 16.8 Å². The van der Waals surface area contributed by atoms with E-state index < -0.39 is 23.4 Å². The Morgan fingerprint density at radius 1 is 1.38 bits per heavy atom. The third-order valence-corrected chi connectivity index (χ3v) is 3.67. The molecule has 0 atom stereocenters. The summed E-state index contributed by atoms with van der Waals surface area (Å²) in [6.45, 7) is -0.563. The van der Waals surface area contributed by atoms with Crippen molar-refractivity contribution < 1.29 is 19.2 Å². The van der Waals surface area contributed by atoms with Gasteiger partial charge >= 0.3 is 5.97 Å². The lowest BCUT2D eigenvalue weighted by molar-refractivity contribution is -0.383. The van der Waals surface area contributed by atoms with Gasteiger partial charge in [-0.25, -0.2) is 4.79 Å². The Kier molecular flexibility index (Phi) is 6.05. The lowest BCUT2D eigenvalue weighted by atomic mass is 10.2. The second-order valence-electron chi connectivity index (χ2n) is 4.46.